The Bertz CT molecular complexity index is 1220. The molecule has 2 aromatic rings. The molecule has 1 N–H and O–H groups in total. The number of ketones is 1. The molecule has 8 nitrogen and oxygen atoms in total. The highest BCUT2D eigenvalue weighted by Crippen LogP contribution is 2.42. The van der Waals surface area contributed by atoms with E-state index < -0.39 is 17.7 Å². The van der Waals surface area contributed by atoms with Crippen molar-refractivity contribution < 1.29 is 28.9 Å². The van der Waals surface area contributed by atoms with Crippen molar-refractivity contribution in [2.75, 3.05) is 40.9 Å². The van der Waals surface area contributed by atoms with Gasteiger partial charge < -0.3 is 29.1 Å². The minimum atomic E-state index is -0.763. The second-order valence-corrected chi connectivity index (χ2v) is 10.2. The molecular formula is C30H38N2O6. The molecule has 204 valence electrons. The van der Waals surface area contributed by atoms with Gasteiger partial charge in [0, 0.05) is 25.1 Å². The topological polar surface area (TPSA) is 88.5 Å². The number of hydrogen-bond acceptors (Lipinski definition) is 7. The quantitative estimate of drug-likeness (QED) is 0.200. The first-order valence-corrected chi connectivity index (χ1v) is 13.3. The largest absolute Gasteiger partial charge is 0.507 e. The van der Waals surface area contributed by atoms with Gasteiger partial charge in [-0.15, -0.1) is 0 Å². The Balaban J connectivity index is 1.76. The van der Waals surface area contributed by atoms with E-state index in [2.05, 4.69) is 6.92 Å². The van der Waals surface area contributed by atoms with Crippen molar-refractivity contribution in [3.63, 3.8) is 0 Å². The van der Waals surface area contributed by atoms with Crippen LogP contribution in [-0.2, 0) is 16.0 Å². The van der Waals surface area contributed by atoms with Gasteiger partial charge in [-0.3, -0.25) is 9.59 Å². The number of likely N-dealkylation sites (N-methyl/N-ethyl adjacent to an activating group) is 1. The monoisotopic (exact) mass is 522 g/mol. The standard InChI is InChI=1S/C30H38N2O6/c1-6-7-8-15-37-24-12-9-20(18-25(24)36-5)27-26(29(34)30(35)32(27)14-13-31(3)4)28(33)21-10-11-23-22(17-21)16-19(2)38-23/h9-12,17-19,27,33H,6-8,13-16H2,1-5H3. The number of methoxy groups -OCH3 is 1. The van der Waals surface area contributed by atoms with Gasteiger partial charge in [0.1, 0.15) is 17.6 Å². The van der Waals surface area contributed by atoms with Crippen molar-refractivity contribution in [1.29, 1.82) is 0 Å². The van der Waals surface area contributed by atoms with E-state index in [1.54, 1.807) is 31.4 Å². The smallest absolute Gasteiger partial charge is 0.295 e. The van der Waals surface area contributed by atoms with Crippen molar-refractivity contribution in [3.05, 3.63) is 58.7 Å². The summed E-state index contributed by atoms with van der Waals surface area (Å²) in [5.41, 5.74) is 2.19. The van der Waals surface area contributed by atoms with Crippen molar-refractivity contribution in [2.45, 2.75) is 51.7 Å². The second-order valence-electron chi connectivity index (χ2n) is 10.2. The first-order valence-electron chi connectivity index (χ1n) is 13.3. The lowest BCUT2D eigenvalue weighted by Crippen LogP contribution is -2.35. The van der Waals surface area contributed by atoms with E-state index in [1.165, 1.54) is 4.90 Å². The van der Waals surface area contributed by atoms with Crippen LogP contribution in [0.5, 0.6) is 17.2 Å². The summed E-state index contributed by atoms with van der Waals surface area (Å²) >= 11 is 0. The molecule has 1 saturated heterocycles. The third-order valence-electron chi connectivity index (χ3n) is 7.01. The van der Waals surface area contributed by atoms with E-state index in [4.69, 9.17) is 14.2 Å². The zero-order valence-corrected chi connectivity index (χ0v) is 23.0. The minimum absolute atomic E-state index is 0.0502. The normalized spacial score (nSPS) is 20.1. The lowest BCUT2D eigenvalue weighted by Gasteiger charge is -2.27. The predicted octanol–water partition coefficient (Wildman–Crippen LogP) is 4.57. The molecule has 8 heteroatoms. The van der Waals surface area contributed by atoms with Gasteiger partial charge in [-0.25, -0.2) is 0 Å². The van der Waals surface area contributed by atoms with Crippen LogP contribution in [0.3, 0.4) is 0 Å². The number of benzene rings is 2. The number of nitrogens with zero attached hydrogens (tertiary/aromatic N) is 2. The van der Waals surface area contributed by atoms with E-state index in [0.717, 1.165) is 30.6 Å². The number of amides is 1. The number of likely N-dealkylation sites (tertiary alicyclic amines) is 1. The van der Waals surface area contributed by atoms with Crippen LogP contribution in [0.15, 0.2) is 42.0 Å². The van der Waals surface area contributed by atoms with Gasteiger partial charge in [-0.2, -0.15) is 0 Å². The van der Waals surface area contributed by atoms with Gasteiger partial charge in [0.2, 0.25) is 0 Å². The fraction of sp³-hybridized carbons (Fsp3) is 0.467. The third kappa shape index (κ3) is 5.65. The SMILES string of the molecule is CCCCCOc1ccc(C2C(=C(O)c3ccc4c(c3)CC(C)O4)C(=O)C(=O)N2CCN(C)C)cc1OC. The first-order chi connectivity index (χ1) is 18.2. The summed E-state index contributed by atoms with van der Waals surface area (Å²) in [5.74, 6) is 0.370. The third-order valence-corrected chi connectivity index (χ3v) is 7.01. The van der Waals surface area contributed by atoms with Crippen LogP contribution < -0.4 is 14.2 Å². The average Bonchev–Trinajstić information content (AvgIpc) is 3.40. The molecule has 4 rings (SSSR count). The van der Waals surface area contributed by atoms with Crippen LogP contribution in [0.4, 0.5) is 0 Å². The molecule has 38 heavy (non-hydrogen) atoms. The molecule has 1 amide bonds. The molecule has 0 saturated carbocycles. The zero-order valence-electron chi connectivity index (χ0n) is 23.0. The Labute approximate surface area is 224 Å². The molecular weight excluding hydrogens is 484 g/mol. The van der Waals surface area contributed by atoms with Crippen LogP contribution in [0.1, 0.15) is 55.8 Å². The number of aliphatic hydroxyl groups excluding tert-OH is 1. The van der Waals surface area contributed by atoms with Crippen molar-refractivity contribution >= 4 is 17.4 Å². The number of Topliss-reactive ketones (excluding diaryl/α,β-unsaturated/α-hetero) is 1. The first kappa shape index (κ1) is 27.5. The molecule has 2 aliphatic heterocycles. The molecule has 0 radical (unpaired) electrons. The molecule has 2 aliphatic rings. The van der Waals surface area contributed by atoms with Crippen LogP contribution >= 0.6 is 0 Å². The summed E-state index contributed by atoms with van der Waals surface area (Å²) in [5, 5.41) is 11.5. The van der Waals surface area contributed by atoms with Crippen molar-refractivity contribution in [1.82, 2.24) is 9.80 Å². The molecule has 0 aromatic heterocycles. The van der Waals surface area contributed by atoms with E-state index in [0.29, 0.717) is 48.7 Å². The number of rotatable bonds is 11. The van der Waals surface area contributed by atoms with E-state index >= 15 is 0 Å². The number of aliphatic hydroxyl groups is 1. The molecule has 0 aliphatic carbocycles. The van der Waals surface area contributed by atoms with E-state index in [-0.39, 0.29) is 17.4 Å². The zero-order chi connectivity index (χ0) is 27.4. The minimum Gasteiger partial charge on any atom is -0.507 e. The highest BCUT2D eigenvalue weighted by Gasteiger charge is 2.46. The maximum atomic E-state index is 13.4. The number of carbonyl (C=O) groups is 2. The lowest BCUT2D eigenvalue weighted by atomic mass is 9.94. The Morgan fingerprint density at radius 2 is 1.92 bits per heavy atom. The highest BCUT2D eigenvalue weighted by molar-refractivity contribution is 6.46. The van der Waals surface area contributed by atoms with Crippen LogP contribution in [0.25, 0.3) is 5.76 Å². The van der Waals surface area contributed by atoms with E-state index in [9.17, 15) is 14.7 Å². The molecule has 2 atom stereocenters. The molecule has 1 fully saturated rings. The summed E-state index contributed by atoms with van der Waals surface area (Å²) in [7, 11) is 5.38. The van der Waals surface area contributed by atoms with E-state index in [1.807, 2.05) is 38.1 Å². The van der Waals surface area contributed by atoms with Gasteiger partial charge in [0.05, 0.1) is 25.3 Å². The Morgan fingerprint density at radius 1 is 1.13 bits per heavy atom. The summed E-state index contributed by atoms with van der Waals surface area (Å²) in [6, 6.07) is 10.0. The van der Waals surface area contributed by atoms with Gasteiger partial charge in [-0.1, -0.05) is 25.8 Å². The number of ether oxygens (including phenoxy) is 3. The van der Waals surface area contributed by atoms with Crippen LogP contribution in [-0.4, -0.2) is 73.6 Å². The van der Waals surface area contributed by atoms with Gasteiger partial charge in [0.15, 0.2) is 11.5 Å². The summed E-state index contributed by atoms with van der Waals surface area (Å²) in [6.45, 7) is 5.59. The van der Waals surface area contributed by atoms with Gasteiger partial charge in [-0.05, 0) is 68.9 Å². The molecule has 0 bridgehead atoms. The number of hydrogen-bond donors (Lipinski definition) is 1. The fourth-order valence-electron chi connectivity index (χ4n) is 5.00. The van der Waals surface area contributed by atoms with Gasteiger partial charge >= 0.3 is 0 Å². The Hall–Kier alpha value is -3.52. The predicted molar refractivity (Wildman–Crippen MR) is 146 cm³/mol. The summed E-state index contributed by atoms with van der Waals surface area (Å²) in [4.78, 5) is 30.1. The Kier molecular flexibility index (Phi) is 8.62. The molecule has 2 unspecified atom stereocenters. The van der Waals surface area contributed by atoms with Crippen molar-refractivity contribution in [2.24, 2.45) is 0 Å². The second kappa shape index (κ2) is 11.9. The number of fused-ring (bicyclic) bond motifs is 1. The van der Waals surface area contributed by atoms with Crippen LogP contribution in [0.2, 0.25) is 0 Å². The van der Waals surface area contributed by atoms with Crippen molar-refractivity contribution in [3.8, 4) is 17.2 Å². The highest BCUT2D eigenvalue weighted by atomic mass is 16.5. The fourth-order valence-corrected chi connectivity index (χ4v) is 5.00. The van der Waals surface area contributed by atoms with Crippen LogP contribution in [0, 0.1) is 0 Å². The number of carbonyl (C=O) groups excluding carboxylic acids is 2. The lowest BCUT2D eigenvalue weighted by molar-refractivity contribution is -0.140. The Morgan fingerprint density at radius 3 is 2.63 bits per heavy atom. The average molecular weight is 523 g/mol. The maximum Gasteiger partial charge on any atom is 0.295 e. The molecule has 0 spiro atoms. The maximum absolute atomic E-state index is 13.4. The summed E-state index contributed by atoms with van der Waals surface area (Å²) in [6.07, 6.45) is 3.88. The number of unbranched alkanes of at least 4 members (excludes halogenated alkanes) is 2. The molecule has 2 aromatic carbocycles. The van der Waals surface area contributed by atoms with Gasteiger partial charge in [0.25, 0.3) is 11.7 Å². The molecule has 2 heterocycles. The summed E-state index contributed by atoms with van der Waals surface area (Å²) < 4.78 is 17.3.